The number of carbonyl (C=O) groups is 2. The molecule has 0 aromatic heterocycles. The zero-order valence-electron chi connectivity index (χ0n) is 12.0. The fourth-order valence-electron chi connectivity index (χ4n) is 1.50. The highest BCUT2D eigenvalue weighted by atomic mass is 16.2. The fraction of sp³-hybridized carbons (Fsp3) is 0.846. The van der Waals surface area contributed by atoms with Crippen molar-refractivity contribution in [3.8, 4) is 0 Å². The summed E-state index contributed by atoms with van der Waals surface area (Å²) in [6.45, 7) is 6.81. The normalized spacial score (nSPS) is 12.3. The van der Waals surface area contributed by atoms with Crippen LogP contribution in [0.25, 0.3) is 0 Å². The number of unbranched alkanes of at least 4 members (excludes halogenated alkanes) is 1. The van der Waals surface area contributed by atoms with E-state index in [9.17, 15) is 9.59 Å². The third-order valence-electron chi connectivity index (χ3n) is 2.65. The Balaban J connectivity index is 4.02. The summed E-state index contributed by atoms with van der Waals surface area (Å²) in [5, 5.41) is 2.78. The van der Waals surface area contributed by atoms with Gasteiger partial charge in [0.2, 0.25) is 11.8 Å². The fourth-order valence-corrected chi connectivity index (χ4v) is 1.50. The molecule has 0 rings (SSSR count). The summed E-state index contributed by atoms with van der Waals surface area (Å²) < 4.78 is 0. The molecule has 0 aliphatic carbocycles. The Labute approximate surface area is 110 Å². The highest BCUT2D eigenvalue weighted by Crippen LogP contribution is 2.01. The third-order valence-corrected chi connectivity index (χ3v) is 2.65. The molecule has 0 aromatic rings. The van der Waals surface area contributed by atoms with Gasteiger partial charge in [-0.3, -0.25) is 9.59 Å². The number of hydrogen-bond donors (Lipinski definition) is 2. The summed E-state index contributed by atoms with van der Waals surface area (Å²) in [5.41, 5.74) is 5.78. The number of nitrogens with one attached hydrogen (secondary N) is 1. The van der Waals surface area contributed by atoms with E-state index in [4.69, 9.17) is 5.73 Å². The molecular formula is C13H27N3O2. The second kappa shape index (κ2) is 8.91. The van der Waals surface area contributed by atoms with Gasteiger partial charge in [0.1, 0.15) is 0 Å². The van der Waals surface area contributed by atoms with Gasteiger partial charge in [-0.15, -0.1) is 0 Å². The predicted molar refractivity (Wildman–Crippen MR) is 73.0 cm³/mol. The molecule has 3 N–H and O–H groups in total. The molecular weight excluding hydrogens is 230 g/mol. The van der Waals surface area contributed by atoms with E-state index >= 15 is 0 Å². The van der Waals surface area contributed by atoms with Crippen LogP contribution in [-0.2, 0) is 9.59 Å². The van der Waals surface area contributed by atoms with E-state index in [1.807, 2.05) is 13.8 Å². The molecule has 106 valence electrons. The number of nitrogens with zero attached hydrogens (tertiary/aromatic N) is 1. The zero-order chi connectivity index (χ0) is 14.1. The molecule has 0 aromatic carbocycles. The third kappa shape index (κ3) is 7.27. The van der Waals surface area contributed by atoms with Gasteiger partial charge in [0, 0.05) is 13.6 Å². The van der Waals surface area contributed by atoms with Crippen molar-refractivity contribution in [1.82, 2.24) is 10.2 Å². The maximum Gasteiger partial charge on any atom is 0.239 e. The Morgan fingerprint density at radius 2 is 1.94 bits per heavy atom. The first-order chi connectivity index (χ1) is 8.38. The number of rotatable bonds is 8. The molecule has 0 fully saturated rings. The molecule has 1 atom stereocenters. The average molecular weight is 257 g/mol. The zero-order valence-corrected chi connectivity index (χ0v) is 12.0. The molecule has 2 amide bonds. The Morgan fingerprint density at radius 3 is 2.44 bits per heavy atom. The van der Waals surface area contributed by atoms with E-state index in [1.54, 1.807) is 7.05 Å². The van der Waals surface area contributed by atoms with E-state index in [-0.39, 0.29) is 18.4 Å². The lowest BCUT2D eigenvalue weighted by Crippen LogP contribution is -2.46. The van der Waals surface area contributed by atoms with Crippen LogP contribution in [0.4, 0.5) is 0 Å². The van der Waals surface area contributed by atoms with Crippen LogP contribution in [0.15, 0.2) is 0 Å². The van der Waals surface area contributed by atoms with Crippen molar-refractivity contribution in [2.45, 2.75) is 46.1 Å². The summed E-state index contributed by atoms with van der Waals surface area (Å²) in [5.74, 6) is 0.104. The molecule has 0 saturated carbocycles. The molecule has 18 heavy (non-hydrogen) atoms. The van der Waals surface area contributed by atoms with Gasteiger partial charge in [-0.1, -0.05) is 33.6 Å². The Bertz CT molecular complexity index is 267. The van der Waals surface area contributed by atoms with E-state index in [0.717, 1.165) is 12.8 Å². The Kier molecular flexibility index (Phi) is 8.37. The minimum absolute atomic E-state index is 0.0748. The van der Waals surface area contributed by atoms with Crippen LogP contribution in [-0.4, -0.2) is 42.9 Å². The lowest BCUT2D eigenvalue weighted by Gasteiger charge is -2.21. The van der Waals surface area contributed by atoms with Crippen molar-refractivity contribution in [1.29, 1.82) is 0 Å². The van der Waals surface area contributed by atoms with Gasteiger partial charge in [0.15, 0.2) is 0 Å². The maximum absolute atomic E-state index is 11.8. The first-order valence-corrected chi connectivity index (χ1v) is 6.65. The van der Waals surface area contributed by atoms with Gasteiger partial charge in [0.25, 0.3) is 0 Å². The SMILES string of the molecule is CCCCC(N)C(=O)N(C)CC(=O)NCC(C)C. The van der Waals surface area contributed by atoms with Crippen LogP contribution < -0.4 is 11.1 Å². The Hall–Kier alpha value is -1.10. The summed E-state index contributed by atoms with van der Waals surface area (Å²) in [7, 11) is 1.61. The van der Waals surface area contributed by atoms with E-state index in [0.29, 0.717) is 18.9 Å². The van der Waals surface area contributed by atoms with Crippen LogP contribution in [0, 0.1) is 5.92 Å². The average Bonchev–Trinajstić information content (AvgIpc) is 2.32. The lowest BCUT2D eigenvalue weighted by atomic mass is 10.1. The number of carbonyl (C=O) groups excluding carboxylic acids is 2. The number of nitrogens with two attached hydrogens (primary N) is 1. The largest absolute Gasteiger partial charge is 0.354 e. The van der Waals surface area contributed by atoms with Gasteiger partial charge in [-0.05, 0) is 12.3 Å². The van der Waals surface area contributed by atoms with Crippen LogP contribution >= 0.6 is 0 Å². The summed E-state index contributed by atoms with van der Waals surface area (Å²) in [6, 6.07) is -0.493. The van der Waals surface area contributed by atoms with Crippen molar-refractivity contribution in [3.63, 3.8) is 0 Å². The minimum Gasteiger partial charge on any atom is -0.354 e. The van der Waals surface area contributed by atoms with Crippen molar-refractivity contribution in [2.24, 2.45) is 11.7 Å². The minimum atomic E-state index is -0.493. The second-order valence-electron chi connectivity index (χ2n) is 5.14. The standard InChI is InChI=1S/C13H27N3O2/c1-5-6-7-11(14)13(18)16(4)9-12(17)15-8-10(2)3/h10-11H,5-9,14H2,1-4H3,(H,15,17). The van der Waals surface area contributed by atoms with Crippen LogP contribution in [0.3, 0.4) is 0 Å². The van der Waals surface area contributed by atoms with Crippen LogP contribution in [0.5, 0.6) is 0 Å². The summed E-state index contributed by atoms with van der Waals surface area (Å²) >= 11 is 0. The van der Waals surface area contributed by atoms with Crippen molar-refractivity contribution < 1.29 is 9.59 Å². The molecule has 5 nitrogen and oxygen atoms in total. The van der Waals surface area contributed by atoms with Gasteiger partial charge < -0.3 is 16.0 Å². The van der Waals surface area contributed by atoms with E-state index in [1.165, 1.54) is 4.90 Å². The van der Waals surface area contributed by atoms with Gasteiger partial charge in [-0.25, -0.2) is 0 Å². The lowest BCUT2D eigenvalue weighted by molar-refractivity contribution is -0.135. The first kappa shape index (κ1) is 16.9. The van der Waals surface area contributed by atoms with Gasteiger partial charge in [-0.2, -0.15) is 0 Å². The second-order valence-corrected chi connectivity index (χ2v) is 5.14. The van der Waals surface area contributed by atoms with Crippen LogP contribution in [0.2, 0.25) is 0 Å². The molecule has 0 heterocycles. The highest BCUT2D eigenvalue weighted by Gasteiger charge is 2.19. The number of likely N-dealkylation sites (N-methyl/N-ethyl adjacent to an activating group) is 1. The Morgan fingerprint density at radius 1 is 1.33 bits per heavy atom. The molecule has 1 unspecified atom stereocenters. The maximum atomic E-state index is 11.8. The number of hydrogen-bond acceptors (Lipinski definition) is 3. The quantitative estimate of drug-likeness (QED) is 0.673. The van der Waals surface area contributed by atoms with E-state index < -0.39 is 6.04 Å². The molecule has 0 spiro atoms. The van der Waals surface area contributed by atoms with E-state index in [2.05, 4.69) is 12.2 Å². The molecule has 0 radical (unpaired) electrons. The predicted octanol–water partition coefficient (Wildman–Crippen LogP) is 0.735. The van der Waals surface area contributed by atoms with Crippen molar-refractivity contribution in [2.75, 3.05) is 20.1 Å². The topological polar surface area (TPSA) is 75.4 Å². The monoisotopic (exact) mass is 257 g/mol. The van der Waals surface area contributed by atoms with Gasteiger partial charge >= 0.3 is 0 Å². The smallest absolute Gasteiger partial charge is 0.239 e. The number of amides is 2. The summed E-state index contributed by atoms with van der Waals surface area (Å²) in [4.78, 5) is 24.8. The molecule has 5 heteroatoms. The first-order valence-electron chi connectivity index (χ1n) is 6.65. The molecule has 0 bridgehead atoms. The summed E-state index contributed by atoms with van der Waals surface area (Å²) in [6.07, 6.45) is 2.62. The van der Waals surface area contributed by atoms with Crippen LogP contribution in [0.1, 0.15) is 40.0 Å². The van der Waals surface area contributed by atoms with Gasteiger partial charge in [0.05, 0.1) is 12.6 Å². The highest BCUT2D eigenvalue weighted by molar-refractivity contribution is 5.87. The molecule has 0 aliphatic heterocycles. The van der Waals surface area contributed by atoms with Crippen molar-refractivity contribution in [3.05, 3.63) is 0 Å². The molecule has 0 aliphatic rings. The van der Waals surface area contributed by atoms with Crippen molar-refractivity contribution >= 4 is 11.8 Å². The molecule has 0 saturated heterocycles.